The number of hydrogen-bond acceptors (Lipinski definition) is 4. The van der Waals surface area contributed by atoms with E-state index >= 15 is 0 Å². The number of aromatic nitrogens is 2. The highest BCUT2D eigenvalue weighted by molar-refractivity contribution is 6.29. The maximum atomic E-state index is 11.8. The fraction of sp³-hybridized carbons (Fsp3) is 0.636. The van der Waals surface area contributed by atoms with E-state index in [2.05, 4.69) is 9.88 Å². The Labute approximate surface area is 109 Å². The molecule has 0 aromatic carbocycles. The number of H-pyrrole nitrogens is 1. The fourth-order valence-corrected chi connectivity index (χ4v) is 2.31. The monoisotopic (exact) mass is 273 g/mol. The highest BCUT2D eigenvalue weighted by Crippen LogP contribution is 2.06. The minimum Gasteiger partial charge on any atom is -0.379 e. The molecule has 18 heavy (non-hydrogen) atoms. The van der Waals surface area contributed by atoms with Crippen molar-refractivity contribution in [2.75, 3.05) is 32.8 Å². The molecule has 1 N–H and O–H groups in total. The molecule has 0 bridgehead atoms. The van der Waals surface area contributed by atoms with Gasteiger partial charge in [0, 0.05) is 25.7 Å². The van der Waals surface area contributed by atoms with Crippen molar-refractivity contribution in [1.29, 1.82) is 0 Å². The van der Waals surface area contributed by atoms with Crippen molar-refractivity contribution < 1.29 is 4.74 Å². The van der Waals surface area contributed by atoms with Gasteiger partial charge in [0.15, 0.2) is 0 Å². The molecule has 1 aromatic heterocycles. The minimum absolute atomic E-state index is 0.0693. The van der Waals surface area contributed by atoms with Crippen LogP contribution in [0.1, 0.15) is 13.0 Å². The van der Waals surface area contributed by atoms with E-state index < -0.39 is 5.69 Å². The van der Waals surface area contributed by atoms with E-state index in [1.165, 1.54) is 10.6 Å². The average Bonchev–Trinajstić information content (AvgIpc) is 2.28. The Balaban J connectivity index is 2.15. The predicted octanol–water partition coefficient (Wildman–Crippen LogP) is 0.0832. The Morgan fingerprint density at radius 1 is 1.44 bits per heavy atom. The van der Waals surface area contributed by atoms with E-state index in [1.54, 1.807) is 0 Å². The van der Waals surface area contributed by atoms with Gasteiger partial charge in [-0.2, -0.15) is 0 Å². The van der Waals surface area contributed by atoms with E-state index in [4.69, 9.17) is 16.3 Å². The van der Waals surface area contributed by atoms with Crippen LogP contribution in [0.15, 0.2) is 15.7 Å². The van der Waals surface area contributed by atoms with Gasteiger partial charge in [0.1, 0.15) is 5.15 Å². The number of nitrogens with one attached hydrogen (secondary N) is 1. The second-order valence-corrected chi connectivity index (χ2v) is 4.80. The molecule has 7 heteroatoms. The number of nitrogens with zero attached hydrogens (tertiary/aromatic N) is 2. The third kappa shape index (κ3) is 3.01. The lowest BCUT2D eigenvalue weighted by atomic mass is 10.3. The van der Waals surface area contributed by atoms with Crippen molar-refractivity contribution in [2.24, 2.45) is 0 Å². The first-order valence-electron chi connectivity index (χ1n) is 5.89. The highest BCUT2D eigenvalue weighted by Gasteiger charge is 2.17. The summed E-state index contributed by atoms with van der Waals surface area (Å²) in [6, 6.07) is 1.02. The van der Waals surface area contributed by atoms with Crippen molar-refractivity contribution in [2.45, 2.75) is 13.0 Å². The second kappa shape index (κ2) is 5.69. The van der Waals surface area contributed by atoms with Crippen LogP contribution in [0, 0.1) is 0 Å². The molecule has 0 amide bonds. The summed E-state index contributed by atoms with van der Waals surface area (Å²) in [5.41, 5.74) is -0.835. The number of ether oxygens (including phenoxy) is 1. The van der Waals surface area contributed by atoms with Gasteiger partial charge in [0.25, 0.3) is 5.56 Å². The molecule has 100 valence electrons. The maximum absolute atomic E-state index is 11.8. The van der Waals surface area contributed by atoms with Crippen LogP contribution in [-0.4, -0.2) is 47.3 Å². The van der Waals surface area contributed by atoms with E-state index in [1.807, 2.05) is 6.92 Å². The average molecular weight is 274 g/mol. The SMILES string of the molecule is CC(CN1CCOCC1)n1c(=O)cc(Cl)[nH]c1=O. The quantitative estimate of drug-likeness (QED) is 0.793. The molecule has 2 heterocycles. The molecule has 1 aliphatic heterocycles. The van der Waals surface area contributed by atoms with Crippen molar-refractivity contribution in [3.63, 3.8) is 0 Å². The molecule has 1 atom stereocenters. The molecular weight excluding hydrogens is 258 g/mol. The summed E-state index contributed by atoms with van der Waals surface area (Å²) in [6.45, 7) is 5.53. The number of halogens is 1. The zero-order valence-corrected chi connectivity index (χ0v) is 10.9. The predicted molar refractivity (Wildman–Crippen MR) is 68.3 cm³/mol. The molecule has 6 nitrogen and oxygen atoms in total. The van der Waals surface area contributed by atoms with Crippen molar-refractivity contribution in [1.82, 2.24) is 14.5 Å². The molecule has 0 saturated carbocycles. The number of hydrogen-bond donors (Lipinski definition) is 1. The van der Waals surface area contributed by atoms with Gasteiger partial charge in [-0.05, 0) is 6.92 Å². The van der Waals surface area contributed by atoms with E-state index in [0.717, 1.165) is 13.1 Å². The summed E-state index contributed by atoms with van der Waals surface area (Å²) in [5.74, 6) is 0. The van der Waals surface area contributed by atoms with Crippen LogP contribution in [0.3, 0.4) is 0 Å². The Bertz CT molecular complexity index is 488. The zero-order valence-electron chi connectivity index (χ0n) is 10.2. The molecule has 1 aromatic rings. The van der Waals surface area contributed by atoms with Gasteiger partial charge in [-0.15, -0.1) is 0 Å². The van der Waals surface area contributed by atoms with Gasteiger partial charge < -0.3 is 4.74 Å². The van der Waals surface area contributed by atoms with E-state index in [-0.39, 0.29) is 16.8 Å². The van der Waals surface area contributed by atoms with Gasteiger partial charge >= 0.3 is 5.69 Å². The lowest BCUT2D eigenvalue weighted by Gasteiger charge is -2.29. The molecule has 0 spiro atoms. The molecule has 2 rings (SSSR count). The van der Waals surface area contributed by atoms with Gasteiger partial charge in [0.05, 0.1) is 19.3 Å². The molecule has 1 fully saturated rings. The third-order valence-electron chi connectivity index (χ3n) is 3.00. The van der Waals surface area contributed by atoms with Crippen LogP contribution in [0.4, 0.5) is 0 Å². The molecule has 0 aliphatic carbocycles. The first-order valence-corrected chi connectivity index (χ1v) is 6.27. The largest absolute Gasteiger partial charge is 0.379 e. The third-order valence-corrected chi connectivity index (χ3v) is 3.20. The molecule has 1 saturated heterocycles. The Morgan fingerprint density at radius 2 is 2.11 bits per heavy atom. The summed E-state index contributed by atoms with van der Waals surface area (Å²) in [4.78, 5) is 28.1. The van der Waals surface area contributed by atoms with Gasteiger partial charge in [0.2, 0.25) is 0 Å². The highest BCUT2D eigenvalue weighted by atomic mass is 35.5. The van der Waals surface area contributed by atoms with Crippen LogP contribution < -0.4 is 11.2 Å². The summed E-state index contributed by atoms with van der Waals surface area (Å²) in [6.07, 6.45) is 0. The Hall–Kier alpha value is -1.11. The summed E-state index contributed by atoms with van der Waals surface area (Å²) >= 11 is 5.62. The Kier molecular flexibility index (Phi) is 4.21. The normalized spacial score (nSPS) is 18.8. The first kappa shape index (κ1) is 13.3. The van der Waals surface area contributed by atoms with Gasteiger partial charge in [-0.3, -0.25) is 19.2 Å². The molecule has 1 unspecified atom stereocenters. The smallest absolute Gasteiger partial charge is 0.329 e. The summed E-state index contributed by atoms with van der Waals surface area (Å²) in [7, 11) is 0. The summed E-state index contributed by atoms with van der Waals surface area (Å²) in [5, 5.41) is 0.0693. The van der Waals surface area contributed by atoms with Gasteiger partial charge in [-0.1, -0.05) is 11.6 Å². The second-order valence-electron chi connectivity index (χ2n) is 4.39. The zero-order chi connectivity index (χ0) is 13.1. The number of aromatic amines is 1. The molecular formula is C11H16ClN3O3. The number of rotatable bonds is 3. The maximum Gasteiger partial charge on any atom is 0.329 e. The first-order chi connectivity index (χ1) is 8.58. The lowest BCUT2D eigenvalue weighted by molar-refractivity contribution is 0.0321. The van der Waals surface area contributed by atoms with Crippen LogP contribution >= 0.6 is 11.6 Å². The molecule has 1 aliphatic rings. The topological polar surface area (TPSA) is 67.3 Å². The standard InChI is InChI=1S/C11H16ClN3O3/c1-8(7-14-2-4-18-5-3-14)15-10(16)6-9(12)13-11(15)17/h6,8H,2-5,7H2,1H3,(H,13,17). The van der Waals surface area contributed by atoms with Crippen LogP contribution in [-0.2, 0) is 4.74 Å². The van der Waals surface area contributed by atoms with E-state index in [0.29, 0.717) is 19.8 Å². The van der Waals surface area contributed by atoms with E-state index in [9.17, 15) is 9.59 Å². The van der Waals surface area contributed by atoms with Crippen molar-refractivity contribution >= 4 is 11.6 Å². The van der Waals surface area contributed by atoms with Crippen molar-refractivity contribution in [3.8, 4) is 0 Å². The molecule has 0 radical (unpaired) electrons. The Morgan fingerprint density at radius 3 is 2.72 bits per heavy atom. The minimum atomic E-state index is -0.465. The van der Waals surface area contributed by atoms with Gasteiger partial charge in [-0.25, -0.2) is 4.79 Å². The number of morpholine rings is 1. The van der Waals surface area contributed by atoms with Crippen LogP contribution in [0.2, 0.25) is 5.15 Å². The van der Waals surface area contributed by atoms with Crippen molar-refractivity contribution in [3.05, 3.63) is 32.1 Å². The fourth-order valence-electron chi connectivity index (χ4n) is 2.13. The van der Waals surface area contributed by atoms with Crippen LogP contribution in [0.5, 0.6) is 0 Å². The lowest BCUT2D eigenvalue weighted by Crippen LogP contribution is -2.44. The van der Waals surface area contributed by atoms with Crippen LogP contribution in [0.25, 0.3) is 0 Å². The summed E-state index contributed by atoms with van der Waals surface area (Å²) < 4.78 is 6.45.